The summed E-state index contributed by atoms with van der Waals surface area (Å²) in [6, 6.07) is 14.5. The Morgan fingerprint density at radius 2 is 1.78 bits per heavy atom. The Bertz CT molecular complexity index is 900. The molecule has 9 heteroatoms. The molecule has 2 N–H and O–H groups in total. The van der Waals surface area contributed by atoms with Crippen molar-refractivity contribution >= 4 is 33.4 Å². The van der Waals surface area contributed by atoms with Gasteiger partial charge in [0.05, 0.1) is 31.2 Å². The van der Waals surface area contributed by atoms with E-state index in [0.717, 1.165) is 10.6 Å². The minimum Gasteiger partial charge on any atom is -0.465 e. The van der Waals surface area contributed by atoms with E-state index in [1.165, 1.54) is 19.2 Å². The fraction of sp³-hybridized carbons (Fsp3) is 0.222. The molecule has 0 saturated heterocycles. The summed E-state index contributed by atoms with van der Waals surface area (Å²) in [4.78, 5) is 23.6. The number of nitrogens with zero attached hydrogens (tertiary/aromatic N) is 1. The van der Waals surface area contributed by atoms with Crippen LogP contribution in [0.5, 0.6) is 0 Å². The highest BCUT2D eigenvalue weighted by atomic mass is 32.2. The number of benzene rings is 2. The van der Waals surface area contributed by atoms with E-state index in [-0.39, 0.29) is 18.7 Å². The Morgan fingerprint density at radius 3 is 2.41 bits per heavy atom. The Hall–Kier alpha value is -3.07. The molecule has 0 aliphatic carbocycles. The van der Waals surface area contributed by atoms with Crippen LogP contribution < -0.4 is 14.9 Å². The van der Waals surface area contributed by atoms with Gasteiger partial charge in [-0.05, 0) is 30.3 Å². The first kappa shape index (κ1) is 20.2. The predicted octanol–water partition coefficient (Wildman–Crippen LogP) is 2.06. The minimum absolute atomic E-state index is 0.00562. The van der Waals surface area contributed by atoms with Crippen LogP contribution in [0.4, 0.5) is 16.2 Å². The highest BCUT2D eigenvalue weighted by Gasteiger charge is 2.19. The van der Waals surface area contributed by atoms with E-state index in [1.807, 2.05) is 6.07 Å². The molecular weight excluding hydrogens is 370 g/mol. The summed E-state index contributed by atoms with van der Waals surface area (Å²) in [5.74, 6) is -0.564. The summed E-state index contributed by atoms with van der Waals surface area (Å²) >= 11 is 0. The first-order valence-electron chi connectivity index (χ1n) is 8.07. The third-order valence-electron chi connectivity index (χ3n) is 3.59. The van der Waals surface area contributed by atoms with Gasteiger partial charge in [0.15, 0.2) is 0 Å². The molecule has 0 aliphatic rings. The standard InChI is InChI=1S/C18H21N3O5S/c1-26-17(22)14-7-6-10-16(13-14)21(27(2,24)25)12-11-19-18(23)20-15-8-4-3-5-9-15/h3-10,13H,11-12H2,1-2H3,(H2,19,20,23). The van der Waals surface area contributed by atoms with Gasteiger partial charge in [-0.15, -0.1) is 0 Å². The lowest BCUT2D eigenvalue weighted by Gasteiger charge is -2.23. The summed E-state index contributed by atoms with van der Waals surface area (Å²) in [6.07, 6.45) is 1.06. The van der Waals surface area contributed by atoms with Crippen molar-refractivity contribution in [3.05, 3.63) is 60.2 Å². The Labute approximate surface area is 158 Å². The third kappa shape index (κ3) is 6.00. The van der Waals surface area contributed by atoms with E-state index >= 15 is 0 Å². The van der Waals surface area contributed by atoms with Crippen LogP contribution in [0.25, 0.3) is 0 Å². The zero-order valence-corrected chi connectivity index (χ0v) is 15.8. The molecule has 0 bridgehead atoms. The van der Waals surface area contributed by atoms with Gasteiger partial charge in [-0.3, -0.25) is 4.31 Å². The number of esters is 1. The van der Waals surface area contributed by atoms with E-state index in [9.17, 15) is 18.0 Å². The largest absolute Gasteiger partial charge is 0.465 e. The van der Waals surface area contributed by atoms with E-state index in [0.29, 0.717) is 11.4 Å². The number of carbonyl (C=O) groups excluding carboxylic acids is 2. The van der Waals surface area contributed by atoms with Crippen LogP contribution >= 0.6 is 0 Å². The first-order chi connectivity index (χ1) is 12.8. The van der Waals surface area contributed by atoms with Crippen LogP contribution in [-0.4, -0.2) is 46.9 Å². The SMILES string of the molecule is COC(=O)c1cccc(N(CCNC(=O)Nc2ccccc2)S(C)(=O)=O)c1. The molecule has 0 fully saturated rings. The van der Waals surface area contributed by atoms with Crippen LogP contribution in [0.2, 0.25) is 0 Å². The van der Waals surface area contributed by atoms with E-state index in [1.54, 1.807) is 36.4 Å². The highest BCUT2D eigenvalue weighted by molar-refractivity contribution is 7.92. The molecule has 2 aromatic carbocycles. The topological polar surface area (TPSA) is 105 Å². The highest BCUT2D eigenvalue weighted by Crippen LogP contribution is 2.19. The summed E-state index contributed by atoms with van der Waals surface area (Å²) in [7, 11) is -2.37. The van der Waals surface area contributed by atoms with Crippen molar-refractivity contribution in [2.45, 2.75) is 0 Å². The molecule has 0 atom stereocenters. The molecule has 27 heavy (non-hydrogen) atoms. The number of rotatable bonds is 7. The lowest BCUT2D eigenvalue weighted by atomic mass is 10.2. The Kier molecular flexibility index (Phi) is 6.78. The van der Waals surface area contributed by atoms with Crippen LogP contribution in [0.1, 0.15) is 10.4 Å². The summed E-state index contributed by atoms with van der Waals surface area (Å²) in [5, 5.41) is 5.25. The molecular formula is C18H21N3O5S. The van der Waals surface area contributed by atoms with Crippen LogP contribution in [0.15, 0.2) is 54.6 Å². The van der Waals surface area contributed by atoms with Crippen molar-refractivity contribution < 1.29 is 22.7 Å². The number of carbonyl (C=O) groups is 2. The van der Waals surface area contributed by atoms with Crippen LogP contribution in [-0.2, 0) is 14.8 Å². The summed E-state index contributed by atoms with van der Waals surface area (Å²) in [6.45, 7) is 0.0832. The third-order valence-corrected chi connectivity index (χ3v) is 4.78. The maximum atomic E-state index is 12.1. The zero-order chi connectivity index (χ0) is 19.9. The van der Waals surface area contributed by atoms with Gasteiger partial charge in [0, 0.05) is 12.2 Å². The maximum Gasteiger partial charge on any atom is 0.337 e. The number of hydrogen-bond acceptors (Lipinski definition) is 5. The van der Waals surface area contributed by atoms with E-state index in [4.69, 9.17) is 0 Å². The zero-order valence-electron chi connectivity index (χ0n) is 15.0. The number of methoxy groups -OCH3 is 1. The second-order valence-corrected chi connectivity index (χ2v) is 7.53. The minimum atomic E-state index is -3.61. The number of sulfonamides is 1. The van der Waals surface area contributed by atoms with Crippen molar-refractivity contribution in [2.24, 2.45) is 0 Å². The number of anilines is 2. The van der Waals surface area contributed by atoms with Gasteiger partial charge in [0.2, 0.25) is 10.0 Å². The monoisotopic (exact) mass is 391 g/mol. The number of amides is 2. The van der Waals surface area contributed by atoms with Gasteiger partial charge in [-0.25, -0.2) is 18.0 Å². The van der Waals surface area contributed by atoms with Crippen LogP contribution in [0, 0.1) is 0 Å². The number of para-hydroxylation sites is 1. The quantitative estimate of drug-likeness (QED) is 0.703. The molecule has 2 rings (SSSR count). The molecule has 2 amide bonds. The number of nitrogens with one attached hydrogen (secondary N) is 2. The molecule has 0 unspecified atom stereocenters. The second-order valence-electron chi connectivity index (χ2n) is 5.62. The molecule has 0 spiro atoms. The Balaban J connectivity index is 2.03. The lowest BCUT2D eigenvalue weighted by Crippen LogP contribution is -2.39. The van der Waals surface area contributed by atoms with Gasteiger partial charge in [0.1, 0.15) is 0 Å². The molecule has 0 radical (unpaired) electrons. The van der Waals surface area contributed by atoms with Gasteiger partial charge in [0.25, 0.3) is 0 Å². The molecule has 0 saturated carbocycles. The molecule has 144 valence electrons. The van der Waals surface area contributed by atoms with Crippen molar-refractivity contribution in [3.63, 3.8) is 0 Å². The molecule has 2 aromatic rings. The van der Waals surface area contributed by atoms with Gasteiger partial charge in [-0.2, -0.15) is 0 Å². The number of urea groups is 1. The molecule has 8 nitrogen and oxygen atoms in total. The summed E-state index contributed by atoms with van der Waals surface area (Å²) in [5.41, 5.74) is 1.17. The normalized spacial score (nSPS) is 10.7. The lowest BCUT2D eigenvalue weighted by molar-refractivity contribution is 0.0600. The molecule has 0 aliphatic heterocycles. The van der Waals surface area contributed by atoms with Crippen molar-refractivity contribution in [2.75, 3.05) is 36.1 Å². The maximum absolute atomic E-state index is 12.1. The van der Waals surface area contributed by atoms with E-state index < -0.39 is 22.0 Å². The Morgan fingerprint density at radius 1 is 1.07 bits per heavy atom. The van der Waals surface area contributed by atoms with Crippen molar-refractivity contribution in [3.8, 4) is 0 Å². The number of ether oxygens (including phenoxy) is 1. The van der Waals surface area contributed by atoms with Gasteiger partial charge >= 0.3 is 12.0 Å². The molecule has 0 aromatic heterocycles. The smallest absolute Gasteiger partial charge is 0.337 e. The second kappa shape index (κ2) is 9.04. The summed E-state index contributed by atoms with van der Waals surface area (Å²) < 4.78 is 30.0. The van der Waals surface area contributed by atoms with Crippen molar-refractivity contribution in [1.29, 1.82) is 0 Å². The average molecular weight is 391 g/mol. The van der Waals surface area contributed by atoms with Crippen molar-refractivity contribution in [1.82, 2.24) is 5.32 Å². The number of hydrogen-bond donors (Lipinski definition) is 2. The van der Waals surface area contributed by atoms with Gasteiger partial charge < -0.3 is 15.4 Å². The van der Waals surface area contributed by atoms with E-state index in [2.05, 4.69) is 15.4 Å². The van der Waals surface area contributed by atoms with Gasteiger partial charge in [-0.1, -0.05) is 24.3 Å². The van der Waals surface area contributed by atoms with Crippen LogP contribution in [0.3, 0.4) is 0 Å². The fourth-order valence-electron chi connectivity index (χ4n) is 2.36. The molecule has 0 heterocycles. The average Bonchev–Trinajstić information content (AvgIpc) is 2.64. The fourth-order valence-corrected chi connectivity index (χ4v) is 3.28. The predicted molar refractivity (Wildman–Crippen MR) is 103 cm³/mol. The first-order valence-corrected chi connectivity index (χ1v) is 9.92.